The number of amides is 1. The lowest BCUT2D eigenvalue weighted by molar-refractivity contribution is -0.112. The van der Waals surface area contributed by atoms with E-state index in [9.17, 15) is 9.59 Å². The second-order valence-electron chi connectivity index (χ2n) is 8.06. The average Bonchev–Trinajstić information content (AvgIpc) is 3.27. The van der Waals surface area contributed by atoms with E-state index in [0.29, 0.717) is 4.88 Å². The van der Waals surface area contributed by atoms with Gasteiger partial charge in [-0.1, -0.05) is 18.2 Å². The molecule has 0 spiro atoms. The molecule has 1 fully saturated rings. The van der Waals surface area contributed by atoms with Crippen LogP contribution in [0, 0.1) is 12.8 Å². The highest BCUT2D eigenvalue weighted by molar-refractivity contribution is 7.99. The molecule has 2 aromatic heterocycles. The van der Waals surface area contributed by atoms with Crippen molar-refractivity contribution in [1.82, 2.24) is 9.88 Å². The summed E-state index contributed by atoms with van der Waals surface area (Å²) in [5.41, 5.74) is 3.74. The van der Waals surface area contributed by atoms with Gasteiger partial charge in [-0.2, -0.15) is 0 Å². The number of aldehydes is 1. The van der Waals surface area contributed by atoms with Gasteiger partial charge in [0.15, 0.2) is 0 Å². The molecule has 1 aliphatic rings. The van der Waals surface area contributed by atoms with Crippen molar-refractivity contribution >= 4 is 52.7 Å². The summed E-state index contributed by atoms with van der Waals surface area (Å²) in [6.07, 6.45) is 4.73. The number of aliphatic imine (C=N–C) groups is 1. The number of nitrogens with zero attached hydrogens (tertiary/aromatic N) is 3. The number of likely N-dealkylation sites (tertiary alicyclic amines) is 1. The van der Waals surface area contributed by atoms with Gasteiger partial charge in [0.1, 0.15) is 11.3 Å². The lowest BCUT2D eigenvalue weighted by atomic mass is 9.99. The Morgan fingerprint density at radius 1 is 1.27 bits per heavy atom. The first-order valence-electron chi connectivity index (χ1n) is 10.8. The largest absolute Gasteiger partial charge is 0.321 e. The van der Waals surface area contributed by atoms with Crippen LogP contribution >= 0.6 is 23.1 Å². The van der Waals surface area contributed by atoms with Crippen LogP contribution in [0.2, 0.25) is 0 Å². The molecule has 1 N–H and O–H groups in total. The first-order chi connectivity index (χ1) is 16.1. The van der Waals surface area contributed by atoms with Gasteiger partial charge in [-0.25, -0.2) is 0 Å². The van der Waals surface area contributed by atoms with Gasteiger partial charge in [-0.05, 0) is 69.4 Å². The molecular formula is C25H26N4O2S2. The SMILES string of the molecule is C=Nc1sc(C(=O)Nc2ccc(-c3ccc(C)cn3)cc2)cc1SCN1CCC(C=O)CC1. The Labute approximate surface area is 202 Å². The molecule has 0 bridgehead atoms. The number of rotatable bonds is 8. The molecule has 1 aliphatic heterocycles. The molecular weight excluding hydrogens is 452 g/mol. The lowest BCUT2D eigenvalue weighted by Crippen LogP contribution is -2.33. The fourth-order valence-corrected chi connectivity index (χ4v) is 5.72. The van der Waals surface area contributed by atoms with E-state index in [1.165, 1.54) is 11.3 Å². The summed E-state index contributed by atoms with van der Waals surface area (Å²) in [6.45, 7) is 7.50. The van der Waals surface area contributed by atoms with Crippen molar-refractivity contribution < 1.29 is 9.59 Å². The Morgan fingerprint density at radius 2 is 2.03 bits per heavy atom. The van der Waals surface area contributed by atoms with Crippen molar-refractivity contribution in [2.45, 2.75) is 24.7 Å². The topological polar surface area (TPSA) is 74.7 Å². The van der Waals surface area contributed by atoms with Crippen LogP contribution < -0.4 is 5.32 Å². The quantitative estimate of drug-likeness (QED) is 0.257. The zero-order valence-electron chi connectivity index (χ0n) is 18.5. The molecule has 1 aromatic carbocycles. The number of benzene rings is 1. The normalized spacial score (nSPS) is 14.7. The lowest BCUT2D eigenvalue weighted by Gasteiger charge is -2.28. The van der Waals surface area contributed by atoms with Gasteiger partial charge >= 0.3 is 0 Å². The summed E-state index contributed by atoms with van der Waals surface area (Å²) in [4.78, 5) is 36.2. The second kappa shape index (κ2) is 10.9. The Bertz CT molecular complexity index is 1120. The van der Waals surface area contributed by atoms with Gasteiger partial charge < -0.3 is 10.1 Å². The van der Waals surface area contributed by atoms with E-state index in [1.54, 1.807) is 11.8 Å². The summed E-state index contributed by atoms with van der Waals surface area (Å²) >= 11 is 3.00. The van der Waals surface area contributed by atoms with Gasteiger partial charge in [0, 0.05) is 34.1 Å². The number of nitrogens with one attached hydrogen (secondary N) is 1. The third kappa shape index (κ3) is 5.96. The van der Waals surface area contributed by atoms with Gasteiger partial charge in [-0.3, -0.25) is 19.7 Å². The Kier molecular flexibility index (Phi) is 7.69. The average molecular weight is 479 g/mol. The molecule has 1 amide bonds. The number of pyridine rings is 1. The van der Waals surface area contributed by atoms with E-state index >= 15 is 0 Å². The van der Waals surface area contributed by atoms with E-state index in [4.69, 9.17) is 0 Å². The van der Waals surface area contributed by atoms with Crippen LogP contribution in [-0.2, 0) is 4.79 Å². The van der Waals surface area contributed by atoms with E-state index in [0.717, 1.165) is 70.5 Å². The summed E-state index contributed by atoms with van der Waals surface area (Å²) in [5, 5.41) is 3.72. The molecule has 0 radical (unpaired) electrons. The van der Waals surface area contributed by atoms with E-state index in [1.807, 2.05) is 55.6 Å². The zero-order chi connectivity index (χ0) is 23.2. The Hall–Kier alpha value is -2.81. The highest BCUT2D eigenvalue weighted by Gasteiger charge is 2.20. The van der Waals surface area contributed by atoms with Gasteiger partial charge in [0.25, 0.3) is 5.91 Å². The molecule has 4 rings (SSSR count). The monoisotopic (exact) mass is 478 g/mol. The maximum atomic E-state index is 12.8. The summed E-state index contributed by atoms with van der Waals surface area (Å²) in [6, 6.07) is 13.6. The molecule has 0 unspecified atom stereocenters. The van der Waals surface area contributed by atoms with E-state index in [-0.39, 0.29) is 11.8 Å². The summed E-state index contributed by atoms with van der Waals surface area (Å²) < 4.78 is 0. The number of hydrogen-bond acceptors (Lipinski definition) is 7. The summed E-state index contributed by atoms with van der Waals surface area (Å²) in [5.74, 6) is 0.834. The van der Waals surface area contributed by atoms with Crippen molar-refractivity contribution in [2.24, 2.45) is 10.9 Å². The molecule has 0 saturated carbocycles. The molecule has 0 aliphatic carbocycles. The zero-order valence-corrected chi connectivity index (χ0v) is 20.1. The minimum Gasteiger partial charge on any atom is -0.321 e. The number of aromatic nitrogens is 1. The van der Waals surface area contributed by atoms with Crippen LogP contribution in [0.25, 0.3) is 11.3 Å². The molecule has 3 aromatic rings. The maximum absolute atomic E-state index is 12.8. The third-order valence-corrected chi connectivity index (χ3v) is 7.94. The van der Waals surface area contributed by atoms with Gasteiger partial charge in [-0.15, -0.1) is 23.1 Å². The van der Waals surface area contributed by atoms with Crippen LogP contribution in [0.15, 0.2) is 58.5 Å². The second-order valence-corrected chi connectivity index (χ2v) is 10.1. The standard InChI is InChI=1S/C25H26N4O2S2/c1-17-3-8-21(27-14-17)19-4-6-20(7-5-19)28-24(31)22-13-23(25(26-2)33-22)32-16-29-11-9-18(15-30)10-12-29/h3-8,13-15,18H,2,9-12,16H2,1H3,(H,28,31). The maximum Gasteiger partial charge on any atom is 0.265 e. The minimum atomic E-state index is -0.162. The molecule has 3 heterocycles. The van der Waals surface area contributed by atoms with Crippen molar-refractivity contribution in [1.29, 1.82) is 0 Å². The highest BCUT2D eigenvalue weighted by Crippen LogP contribution is 2.38. The van der Waals surface area contributed by atoms with Crippen LogP contribution in [0.5, 0.6) is 0 Å². The smallest absolute Gasteiger partial charge is 0.265 e. The molecule has 8 heteroatoms. The van der Waals surface area contributed by atoms with Gasteiger partial charge in [0.2, 0.25) is 0 Å². The Balaban J connectivity index is 1.37. The minimum absolute atomic E-state index is 0.162. The van der Waals surface area contributed by atoms with Crippen molar-refractivity contribution in [2.75, 3.05) is 24.3 Å². The van der Waals surface area contributed by atoms with E-state index < -0.39 is 0 Å². The summed E-state index contributed by atoms with van der Waals surface area (Å²) in [7, 11) is 0. The van der Waals surface area contributed by atoms with Crippen LogP contribution in [0.3, 0.4) is 0 Å². The fourth-order valence-electron chi connectivity index (χ4n) is 3.62. The number of carbonyl (C=O) groups is 2. The number of carbonyl (C=O) groups excluding carboxylic acids is 2. The highest BCUT2D eigenvalue weighted by atomic mass is 32.2. The molecule has 6 nitrogen and oxygen atoms in total. The predicted octanol–water partition coefficient (Wildman–Crippen LogP) is 5.66. The van der Waals surface area contributed by atoms with E-state index in [2.05, 4.69) is 26.9 Å². The number of hydrogen-bond donors (Lipinski definition) is 1. The fraction of sp³-hybridized carbons (Fsp3) is 0.280. The van der Waals surface area contributed by atoms with Crippen LogP contribution in [-0.4, -0.2) is 47.8 Å². The molecule has 1 saturated heterocycles. The van der Waals surface area contributed by atoms with Crippen LogP contribution in [0.1, 0.15) is 28.1 Å². The number of piperidine rings is 1. The third-order valence-electron chi connectivity index (χ3n) is 5.62. The number of aryl methyl sites for hydroxylation is 1. The number of thioether (sulfide) groups is 1. The number of anilines is 1. The molecule has 0 atom stereocenters. The molecule has 170 valence electrons. The predicted molar refractivity (Wildman–Crippen MR) is 137 cm³/mol. The first-order valence-corrected chi connectivity index (χ1v) is 12.6. The molecule has 33 heavy (non-hydrogen) atoms. The van der Waals surface area contributed by atoms with Crippen LogP contribution in [0.4, 0.5) is 10.7 Å². The van der Waals surface area contributed by atoms with Crippen molar-refractivity contribution in [3.8, 4) is 11.3 Å². The van der Waals surface area contributed by atoms with Gasteiger partial charge in [0.05, 0.1) is 10.6 Å². The first kappa shape index (κ1) is 23.4. The number of thiophene rings is 1. The Morgan fingerprint density at radius 3 is 2.67 bits per heavy atom. The van der Waals surface area contributed by atoms with Crippen molar-refractivity contribution in [3.05, 3.63) is 59.1 Å². The van der Waals surface area contributed by atoms with Crippen molar-refractivity contribution in [3.63, 3.8) is 0 Å².